The molecule has 0 aliphatic carbocycles. The van der Waals surface area contributed by atoms with Crippen LogP contribution in [-0.4, -0.2) is 22.7 Å². The third-order valence-corrected chi connectivity index (χ3v) is 6.62. The molecule has 1 N–H and O–H groups in total. The molecule has 3 aromatic rings. The number of hydrogen-bond acceptors (Lipinski definition) is 4. The lowest BCUT2D eigenvalue weighted by atomic mass is 10.2. The van der Waals surface area contributed by atoms with E-state index in [0.29, 0.717) is 15.6 Å². The van der Waals surface area contributed by atoms with E-state index in [2.05, 4.69) is 10.3 Å². The van der Waals surface area contributed by atoms with Gasteiger partial charge in [-0.15, -0.1) is 0 Å². The van der Waals surface area contributed by atoms with Crippen LogP contribution in [0.4, 0.5) is 20.2 Å². The fourth-order valence-corrected chi connectivity index (χ4v) is 4.38. The third kappa shape index (κ3) is 5.85. The van der Waals surface area contributed by atoms with Crippen LogP contribution in [0.3, 0.4) is 0 Å². The maximum atomic E-state index is 14.6. The van der Waals surface area contributed by atoms with Crippen molar-refractivity contribution < 1.29 is 18.4 Å². The van der Waals surface area contributed by atoms with E-state index in [9.17, 15) is 18.4 Å². The molecule has 1 aliphatic rings. The highest BCUT2D eigenvalue weighted by Gasteiger charge is 2.34. The number of benzene rings is 3. The summed E-state index contributed by atoms with van der Waals surface area (Å²) >= 11 is 18.6. The molecule has 178 valence electrons. The number of carbonyl (C=O) groups is 2. The molecule has 4 rings (SSSR count). The van der Waals surface area contributed by atoms with Crippen molar-refractivity contribution in [3.63, 3.8) is 0 Å². The van der Waals surface area contributed by atoms with Crippen molar-refractivity contribution in [1.29, 1.82) is 0 Å². The number of nitrogens with zero attached hydrogens (tertiary/aromatic N) is 2. The molecule has 35 heavy (non-hydrogen) atoms. The van der Waals surface area contributed by atoms with Gasteiger partial charge in [0.1, 0.15) is 17.3 Å². The minimum absolute atomic E-state index is 0.0123. The molecule has 3 aromatic carbocycles. The maximum Gasteiger partial charge on any atom is 0.283 e. The van der Waals surface area contributed by atoms with Crippen molar-refractivity contribution in [2.45, 2.75) is 0 Å². The van der Waals surface area contributed by atoms with Crippen LogP contribution in [0.1, 0.15) is 5.56 Å². The summed E-state index contributed by atoms with van der Waals surface area (Å²) in [6.07, 6.45) is 1.48. The lowest BCUT2D eigenvalue weighted by Crippen LogP contribution is -2.32. The minimum Gasteiger partial charge on any atom is -0.323 e. The maximum absolute atomic E-state index is 14.6. The van der Waals surface area contributed by atoms with Crippen LogP contribution in [0.15, 0.2) is 71.4 Å². The average molecular weight is 553 g/mol. The number of amidine groups is 1. The molecule has 0 saturated heterocycles. The van der Waals surface area contributed by atoms with Crippen LogP contribution in [0.2, 0.25) is 15.1 Å². The Hall–Kier alpha value is -2.91. The summed E-state index contributed by atoms with van der Waals surface area (Å²) < 4.78 is 28.6. The molecule has 5 nitrogen and oxygen atoms in total. The molecule has 2 amide bonds. The summed E-state index contributed by atoms with van der Waals surface area (Å²) in [6, 6.07) is 14.3. The second-order valence-electron chi connectivity index (χ2n) is 7.15. The summed E-state index contributed by atoms with van der Waals surface area (Å²) in [7, 11) is 0. The molecular weight excluding hydrogens is 539 g/mol. The highest BCUT2D eigenvalue weighted by molar-refractivity contribution is 8.14. The summed E-state index contributed by atoms with van der Waals surface area (Å²) in [5, 5.41) is 3.35. The number of carbonyl (C=O) groups excluding carboxylic acids is 2. The predicted octanol–water partition coefficient (Wildman–Crippen LogP) is 7.04. The Morgan fingerprint density at radius 2 is 1.77 bits per heavy atom. The molecule has 0 spiro atoms. The first-order valence-electron chi connectivity index (χ1n) is 9.95. The van der Waals surface area contributed by atoms with Crippen LogP contribution in [-0.2, 0) is 9.59 Å². The Morgan fingerprint density at radius 3 is 2.49 bits per heavy atom. The Bertz CT molecular complexity index is 1400. The highest BCUT2D eigenvalue weighted by atomic mass is 35.5. The van der Waals surface area contributed by atoms with Crippen molar-refractivity contribution in [1.82, 2.24) is 0 Å². The summed E-state index contributed by atoms with van der Waals surface area (Å²) in [5.41, 5.74) is 0.501. The van der Waals surface area contributed by atoms with Crippen molar-refractivity contribution in [2.24, 2.45) is 4.99 Å². The van der Waals surface area contributed by atoms with E-state index in [1.807, 2.05) is 0 Å². The second kappa shape index (κ2) is 10.8. The lowest BCUT2D eigenvalue weighted by molar-refractivity contribution is -0.114. The average Bonchev–Trinajstić information content (AvgIpc) is 3.12. The number of anilines is 2. The molecule has 0 aromatic heterocycles. The largest absolute Gasteiger partial charge is 0.323 e. The van der Waals surface area contributed by atoms with Gasteiger partial charge in [0.25, 0.3) is 5.91 Å². The predicted molar refractivity (Wildman–Crippen MR) is 138 cm³/mol. The van der Waals surface area contributed by atoms with E-state index in [1.54, 1.807) is 24.3 Å². The van der Waals surface area contributed by atoms with E-state index in [0.717, 1.165) is 22.7 Å². The number of para-hydroxylation sites is 1. The topological polar surface area (TPSA) is 61.8 Å². The first-order chi connectivity index (χ1) is 16.7. The van der Waals surface area contributed by atoms with Gasteiger partial charge in [0.2, 0.25) is 5.91 Å². The number of rotatable bonds is 5. The van der Waals surface area contributed by atoms with Gasteiger partial charge in [-0.05, 0) is 54.1 Å². The molecule has 0 fully saturated rings. The fourth-order valence-electron chi connectivity index (χ4n) is 3.11. The van der Waals surface area contributed by atoms with Gasteiger partial charge >= 0.3 is 0 Å². The Morgan fingerprint density at radius 1 is 1.00 bits per heavy atom. The molecule has 0 atom stereocenters. The molecule has 0 radical (unpaired) electrons. The lowest BCUT2D eigenvalue weighted by Gasteiger charge is -2.18. The van der Waals surface area contributed by atoms with Crippen molar-refractivity contribution in [3.05, 3.63) is 98.6 Å². The molecule has 0 unspecified atom stereocenters. The number of amides is 2. The standard InChI is InChI=1S/C24H14Cl3F2N3O2S/c25-14-6-8-19(18(29)11-14)30-22(33)12-35-24-31-20(10-13-5-7-15(26)16(27)9-13)23(34)32(24)21-4-2-1-3-17(21)28/h1-11H,12H2,(H,30,33)/b20-10-. The summed E-state index contributed by atoms with van der Waals surface area (Å²) in [5.74, 6) is -2.70. The molecule has 1 heterocycles. The van der Waals surface area contributed by atoms with Gasteiger partial charge in [-0.2, -0.15) is 0 Å². The molecule has 0 saturated carbocycles. The monoisotopic (exact) mass is 551 g/mol. The SMILES string of the molecule is O=C(CSC1=N/C(=C\c2ccc(Cl)c(Cl)c2)C(=O)N1c1ccccc1F)Nc1ccc(Cl)cc1F. The number of thioether (sulfide) groups is 1. The number of hydrogen-bond donors (Lipinski definition) is 1. The molecule has 11 heteroatoms. The Labute approximate surface area is 218 Å². The van der Waals surface area contributed by atoms with Crippen LogP contribution >= 0.6 is 46.6 Å². The quantitative estimate of drug-likeness (QED) is 0.345. The van der Waals surface area contributed by atoms with Gasteiger partial charge in [0, 0.05) is 5.02 Å². The van der Waals surface area contributed by atoms with Gasteiger partial charge in [0.15, 0.2) is 5.17 Å². The van der Waals surface area contributed by atoms with Crippen LogP contribution < -0.4 is 10.2 Å². The van der Waals surface area contributed by atoms with E-state index >= 15 is 0 Å². The minimum atomic E-state index is -0.691. The van der Waals surface area contributed by atoms with E-state index in [-0.39, 0.29) is 33.0 Å². The highest BCUT2D eigenvalue weighted by Crippen LogP contribution is 2.32. The first-order valence-corrected chi connectivity index (χ1v) is 12.1. The fraction of sp³-hybridized carbons (Fsp3) is 0.0417. The van der Waals surface area contributed by atoms with Gasteiger partial charge in [-0.1, -0.05) is 64.8 Å². The van der Waals surface area contributed by atoms with Gasteiger partial charge in [-0.3, -0.25) is 14.5 Å². The van der Waals surface area contributed by atoms with Crippen molar-refractivity contribution >= 4 is 81.0 Å². The Kier molecular flexibility index (Phi) is 7.76. The smallest absolute Gasteiger partial charge is 0.283 e. The van der Waals surface area contributed by atoms with Gasteiger partial charge in [-0.25, -0.2) is 13.8 Å². The molecular formula is C24H14Cl3F2N3O2S. The third-order valence-electron chi connectivity index (χ3n) is 4.71. The van der Waals surface area contributed by atoms with Crippen LogP contribution in [0.25, 0.3) is 6.08 Å². The zero-order valence-corrected chi connectivity index (χ0v) is 20.7. The zero-order chi connectivity index (χ0) is 25.1. The summed E-state index contributed by atoms with van der Waals surface area (Å²) in [4.78, 5) is 31.0. The number of nitrogens with one attached hydrogen (secondary N) is 1. The van der Waals surface area contributed by atoms with E-state index in [1.165, 1.54) is 36.4 Å². The van der Waals surface area contributed by atoms with Gasteiger partial charge < -0.3 is 5.32 Å². The second-order valence-corrected chi connectivity index (χ2v) is 9.34. The van der Waals surface area contributed by atoms with Crippen LogP contribution in [0.5, 0.6) is 0 Å². The van der Waals surface area contributed by atoms with Crippen LogP contribution in [0, 0.1) is 11.6 Å². The van der Waals surface area contributed by atoms with E-state index in [4.69, 9.17) is 34.8 Å². The normalized spacial score (nSPS) is 14.4. The number of aliphatic imine (C=N–C) groups is 1. The Balaban J connectivity index is 1.60. The van der Waals surface area contributed by atoms with Gasteiger partial charge in [0.05, 0.1) is 27.2 Å². The zero-order valence-electron chi connectivity index (χ0n) is 17.6. The summed E-state index contributed by atoms with van der Waals surface area (Å²) in [6.45, 7) is 0. The molecule has 1 aliphatic heterocycles. The number of halogens is 5. The van der Waals surface area contributed by atoms with Crippen molar-refractivity contribution in [3.8, 4) is 0 Å². The van der Waals surface area contributed by atoms with E-state index < -0.39 is 23.4 Å². The first kappa shape index (κ1) is 25.2. The molecule has 0 bridgehead atoms. The van der Waals surface area contributed by atoms with Crippen molar-refractivity contribution in [2.75, 3.05) is 16.0 Å².